The van der Waals surface area contributed by atoms with Crippen molar-refractivity contribution >= 4 is 19.1 Å². The van der Waals surface area contributed by atoms with Crippen LogP contribution in [-0.4, -0.2) is 18.0 Å². The largest absolute Gasteiger partial charge is 0.363 e. The Balaban J connectivity index is 2.99. The van der Waals surface area contributed by atoms with Crippen LogP contribution in [0.5, 0.6) is 0 Å². The van der Waals surface area contributed by atoms with Crippen molar-refractivity contribution < 1.29 is 8.31 Å². The van der Waals surface area contributed by atoms with Gasteiger partial charge in [-0.2, -0.15) is 0 Å². The van der Waals surface area contributed by atoms with Crippen molar-refractivity contribution in [1.82, 2.24) is 0 Å². The Labute approximate surface area is 41.0 Å². The van der Waals surface area contributed by atoms with E-state index in [0.29, 0.717) is 5.75 Å². The summed E-state index contributed by atoms with van der Waals surface area (Å²) in [4.78, 5) is 0. The maximum absolute atomic E-state index is 10.1. The molecular weight excluding hydrogens is 98.9 g/mol. The number of hydrogen-bond donors (Lipinski definition) is 0. The molecule has 0 spiro atoms. The summed E-state index contributed by atoms with van der Waals surface area (Å²) < 4.78 is 14.4. The molecule has 2 nitrogen and oxygen atoms in total. The molecule has 0 rings (SSSR count). The molecule has 0 aliphatic heterocycles. The van der Waals surface area contributed by atoms with Crippen molar-refractivity contribution in [3.63, 3.8) is 0 Å². The summed E-state index contributed by atoms with van der Waals surface area (Å²) in [5.41, 5.74) is 0. The van der Waals surface area contributed by atoms with E-state index in [1.54, 1.807) is 6.92 Å². The van der Waals surface area contributed by atoms with Gasteiger partial charge in [-0.05, 0) is 0 Å². The van der Waals surface area contributed by atoms with Crippen LogP contribution in [0.25, 0.3) is 0 Å². The van der Waals surface area contributed by atoms with Crippen molar-refractivity contribution in [3.8, 4) is 0 Å². The zero-order valence-electron chi connectivity index (χ0n) is 3.93. The van der Waals surface area contributed by atoms with Gasteiger partial charge in [-0.15, -0.1) is 0 Å². The Hall–Kier alpha value is 0.175. The molecule has 1 unspecified atom stereocenters. The van der Waals surface area contributed by atoms with E-state index in [1.165, 1.54) is 8.05 Å². The second kappa shape index (κ2) is 3.37. The summed E-state index contributed by atoms with van der Waals surface area (Å²) in [6.07, 6.45) is 0. The molecule has 0 aliphatic carbocycles. The quantitative estimate of drug-likeness (QED) is 0.432. The summed E-state index contributed by atoms with van der Waals surface area (Å²) >= 11 is -1.03. The lowest BCUT2D eigenvalue weighted by atomic mass is 10.6. The number of hydrogen-bond acceptors (Lipinski definition) is 2. The summed E-state index contributed by atoms with van der Waals surface area (Å²) in [7, 11) is 1.43. The molecule has 0 fully saturated rings. The van der Waals surface area contributed by atoms with Gasteiger partial charge in [-0.3, -0.25) is 0 Å². The van der Waals surface area contributed by atoms with Gasteiger partial charge in [0.15, 0.2) is 0 Å². The minimum Gasteiger partial charge on any atom is -0.363 e. The zero-order chi connectivity index (χ0) is 4.99. The molecule has 1 atom stereocenters. The highest BCUT2D eigenvalue weighted by molar-refractivity contribution is 7.80. The highest BCUT2D eigenvalue weighted by Crippen LogP contribution is 1.74. The van der Waals surface area contributed by atoms with Crippen LogP contribution in [0.4, 0.5) is 0 Å². The maximum Gasteiger partial charge on any atom is 0.280 e. The first-order valence-corrected chi connectivity index (χ1v) is 2.98. The van der Waals surface area contributed by atoms with Gasteiger partial charge in [0.2, 0.25) is 0 Å². The molecule has 0 amide bonds. The van der Waals surface area contributed by atoms with Crippen LogP contribution in [0.15, 0.2) is 0 Å². The fraction of sp³-hybridized carbons (Fsp3) is 1.00. The Bertz CT molecular complexity index is 49.5. The van der Waals surface area contributed by atoms with Crippen LogP contribution in [0.3, 0.4) is 0 Å². The topological polar surface area (TPSA) is 26.3 Å². The number of rotatable bonds is 2. The van der Waals surface area contributed by atoms with Gasteiger partial charge < -0.3 is 4.10 Å². The van der Waals surface area contributed by atoms with Crippen LogP contribution in [-0.2, 0) is 15.2 Å². The average Bonchev–Trinajstić information content (AvgIpc) is 1.65. The minimum atomic E-state index is -1.03. The summed E-state index contributed by atoms with van der Waals surface area (Å²) in [6.45, 7) is 1.81. The molecule has 0 saturated carbocycles. The Morgan fingerprint density at radius 2 is 2.50 bits per heavy atom. The Morgan fingerprint density at radius 1 is 2.00 bits per heavy atom. The van der Waals surface area contributed by atoms with E-state index in [2.05, 4.69) is 4.10 Å². The smallest absolute Gasteiger partial charge is 0.280 e. The van der Waals surface area contributed by atoms with Gasteiger partial charge in [0, 0.05) is 5.75 Å². The lowest BCUT2D eigenvalue weighted by Crippen LogP contribution is -1.93. The van der Waals surface area contributed by atoms with E-state index in [0.717, 1.165) is 0 Å². The van der Waals surface area contributed by atoms with Gasteiger partial charge in [0.1, 0.15) is 11.1 Å². The molecule has 0 aromatic rings. The van der Waals surface area contributed by atoms with E-state index in [1.807, 2.05) is 0 Å². The molecule has 4 heteroatoms. The molecule has 0 saturated heterocycles. The van der Waals surface area contributed by atoms with Crippen molar-refractivity contribution in [2.24, 2.45) is 0 Å². The normalized spacial score (nSPS) is 14.2. The lowest BCUT2D eigenvalue weighted by Gasteiger charge is -1.87. The van der Waals surface area contributed by atoms with Gasteiger partial charge in [0.25, 0.3) is 8.05 Å². The molecule has 0 aliphatic rings. The van der Waals surface area contributed by atoms with Crippen molar-refractivity contribution in [2.45, 2.75) is 6.92 Å². The van der Waals surface area contributed by atoms with Gasteiger partial charge in [-0.1, -0.05) is 6.92 Å². The van der Waals surface area contributed by atoms with Crippen molar-refractivity contribution in [1.29, 1.82) is 0 Å². The summed E-state index contributed by atoms with van der Waals surface area (Å²) in [5, 5.41) is 0. The third-order valence-corrected chi connectivity index (χ3v) is 1.26. The highest BCUT2D eigenvalue weighted by atomic mass is 32.2. The van der Waals surface area contributed by atoms with Gasteiger partial charge in [0.05, 0.1) is 0 Å². The van der Waals surface area contributed by atoms with E-state index in [-0.39, 0.29) is 0 Å². The Kier molecular flexibility index (Phi) is 3.47. The average molecular weight is 106 g/mol. The standard InChI is InChI=1S/C2H7BO2S/c1-2-6(4)5-3/h2-3H2,1H3. The molecule has 6 heavy (non-hydrogen) atoms. The predicted molar refractivity (Wildman–Crippen MR) is 28.3 cm³/mol. The molecule has 0 radical (unpaired) electrons. The van der Waals surface area contributed by atoms with Crippen LogP contribution >= 0.6 is 0 Å². The van der Waals surface area contributed by atoms with E-state index in [4.69, 9.17) is 0 Å². The molecule has 0 N–H and O–H groups in total. The first-order chi connectivity index (χ1) is 2.81. The first-order valence-electron chi connectivity index (χ1n) is 1.74. The SMILES string of the molecule is BOS(=O)CC. The van der Waals surface area contributed by atoms with Gasteiger partial charge >= 0.3 is 0 Å². The van der Waals surface area contributed by atoms with Crippen molar-refractivity contribution in [3.05, 3.63) is 0 Å². The second-order valence-corrected chi connectivity index (χ2v) is 2.28. The second-order valence-electron chi connectivity index (χ2n) is 0.759. The predicted octanol–water partition coefficient (Wildman–Crippen LogP) is -0.765. The van der Waals surface area contributed by atoms with Crippen LogP contribution in [0.2, 0.25) is 0 Å². The lowest BCUT2D eigenvalue weighted by molar-refractivity contribution is 0.597. The zero-order valence-corrected chi connectivity index (χ0v) is 4.75. The molecule has 0 bridgehead atoms. The van der Waals surface area contributed by atoms with E-state index in [9.17, 15) is 4.21 Å². The summed E-state index contributed by atoms with van der Waals surface area (Å²) in [6, 6.07) is 0. The Morgan fingerprint density at radius 3 is 2.50 bits per heavy atom. The summed E-state index contributed by atoms with van der Waals surface area (Å²) in [5.74, 6) is 0.580. The van der Waals surface area contributed by atoms with Crippen LogP contribution in [0, 0.1) is 0 Å². The molecule has 0 heterocycles. The third kappa shape index (κ3) is 2.41. The molecular formula is C2H7BO2S. The fourth-order valence-corrected chi connectivity index (χ4v) is 0.354. The van der Waals surface area contributed by atoms with Crippen molar-refractivity contribution in [2.75, 3.05) is 5.75 Å². The molecule has 0 aromatic heterocycles. The van der Waals surface area contributed by atoms with E-state index >= 15 is 0 Å². The molecule has 0 aromatic carbocycles. The minimum absolute atomic E-state index is 0.580. The monoisotopic (exact) mass is 106 g/mol. The first kappa shape index (κ1) is 6.17. The van der Waals surface area contributed by atoms with Crippen LogP contribution < -0.4 is 0 Å². The third-order valence-electron chi connectivity index (χ3n) is 0.422. The molecule has 36 valence electrons. The highest BCUT2D eigenvalue weighted by Gasteiger charge is 1.83. The maximum atomic E-state index is 10.1. The van der Waals surface area contributed by atoms with Crippen LogP contribution in [0.1, 0.15) is 6.92 Å². The van der Waals surface area contributed by atoms with E-state index < -0.39 is 11.1 Å². The fourth-order valence-electron chi connectivity index (χ4n) is 0.118. The van der Waals surface area contributed by atoms with Gasteiger partial charge in [-0.25, -0.2) is 4.21 Å².